The molecule has 2 rings (SSSR count). The number of hydrogen-bond donors (Lipinski definition) is 1. The van der Waals surface area contributed by atoms with Crippen LogP contribution >= 0.6 is 8.19 Å². The van der Waals surface area contributed by atoms with Gasteiger partial charge in [0.15, 0.2) is 0 Å². The lowest BCUT2D eigenvalue weighted by Gasteiger charge is -2.14. The highest BCUT2D eigenvalue weighted by atomic mass is 31.0. The standard InChI is InChI=1S/C17H25O2P/c1-2-3-8-14-11-12-20-16(17(18)19)15(14)10-9-13-6-4-5-7-13/h11-13H,2-10H2,1H3,(H,18,19). The van der Waals surface area contributed by atoms with Gasteiger partial charge >= 0.3 is 5.97 Å². The molecule has 20 heavy (non-hydrogen) atoms. The van der Waals surface area contributed by atoms with Gasteiger partial charge in [-0.2, -0.15) is 0 Å². The van der Waals surface area contributed by atoms with Gasteiger partial charge in [-0.3, -0.25) is 0 Å². The molecule has 1 fully saturated rings. The zero-order valence-electron chi connectivity index (χ0n) is 12.4. The van der Waals surface area contributed by atoms with Gasteiger partial charge < -0.3 is 5.11 Å². The number of aromatic carboxylic acids is 1. The average Bonchev–Trinajstić information content (AvgIpc) is 2.96. The van der Waals surface area contributed by atoms with Crippen molar-refractivity contribution in [3.05, 3.63) is 28.3 Å². The highest BCUT2D eigenvalue weighted by Crippen LogP contribution is 2.32. The van der Waals surface area contributed by atoms with Crippen molar-refractivity contribution in [1.82, 2.24) is 0 Å². The van der Waals surface area contributed by atoms with E-state index in [2.05, 4.69) is 13.0 Å². The first-order valence-corrected chi connectivity index (χ1v) is 8.88. The SMILES string of the molecule is CCCCc1ccpc(C(=O)O)c1CCC1CCCC1. The van der Waals surface area contributed by atoms with Crippen molar-refractivity contribution in [1.29, 1.82) is 0 Å². The van der Waals surface area contributed by atoms with Crippen molar-refractivity contribution in [2.45, 2.75) is 64.7 Å². The van der Waals surface area contributed by atoms with Gasteiger partial charge in [0.1, 0.15) is 0 Å². The van der Waals surface area contributed by atoms with Gasteiger partial charge in [0.05, 0.1) is 5.30 Å². The molecule has 0 unspecified atom stereocenters. The van der Waals surface area contributed by atoms with Crippen LogP contribution in [0.3, 0.4) is 0 Å². The van der Waals surface area contributed by atoms with Crippen molar-refractivity contribution < 1.29 is 9.90 Å². The molecule has 0 saturated heterocycles. The third-order valence-electron chi connectivity index (χ3n) is 4.43. The third-order valence-corrected chi connectivity index (χ3v) is 5.45. The summed E-state index contributed by atoms with van der Waals surface area (Å²) in [6.45, 7) is 2.19. The predicted octanol–water partition coefficient (Wildman–Crippen LogP) is 5.43. The summed E-state index contributed by atoms with van der Waals surface area (Å²) in [5.41, 5.74) is 2.42. The number of carboxylic acid groups (broad SMARTS) is 1. The second-order valence-corrected chi connectivity index (χ2v) is 6.90. The summed E-state index contributed by atoms with van der Waals surface area (Å²) in [5, 5.41) is 10.1. The largest absolute Gasteiger partial charge is 0.477 e. The molecule has 1 aliphatic carbocycles. The van der Waals surface area contributed by atoms with Crippen molar-refractivity contribution in [2.75, 3.05) is 0 Å². The fourth-order valence-electron chi connectivity index (χ4n) is 3.24. The van der Waals surface area contributed by atoms with Crippen LogP contribution in [0.5, 0.6) is 0 Å². The Morgan fingerprint density at radius 2 is 2.10 bits per heavy atom. The van der Waals surface area contributed by atoms with Crippen LogP contribution in [-0.4, -0.2) is 11.1 Å². The zero-order chi connectivity index (χ0) is 14.4. The molecule has 0 amide bonds. The maximum Gasteiger partial charge on any atom is 0.340 e. The Morgan fingerprint density at radius 1 is 1.35 bits per heavy atom. The van der Waals surface area contributed by atoms with E-state index in [1.165, 1.54) is 37.7 Å². The minimum Gasteiger partial charge on any atom is -0.477 e. The summed E-state index contributed by atoms with van der Waals surface area (Å²) in [7, 11) is 0.861. The monoisotopic (exact) mass is 292 g/mol. The maximum absolute atomic E-state index is 11.5. The maximum atomic E-state index is 11.5. The number of unbranched alkanes of at least 4 members (excludes halogenated alkanes) is 1. The topological polar surface area (TPSA) is 37.3 Å². The van der Waals surface area contributed by atoms with Gasteiger partial charge in [0.25, 0.3) is 0 Å². The van der Waals surface area contributed by atoms with Gasteiger partial charge in [-0.25, -0.2) is 4.79 Å². The molecule has 1 aromatic rings. The van der Waals surface area contributed by atoms with Gasteiger partial charge in [-0.05, 0) is 48.5 Å². The molecule has 0 aliphatic heterocycles. The van der Waals surface area contributed by atoms with Crippen molar-refractivity contribution in [2.24, 2.45) is 5.92 Å². The smallest absolute Gasteiger partial charge is 0.340 e. The Morgan fingerprint density at radius 3 is 2.75 bits per heavy atom. The van der Waals surface area contributed by atoms with Crippen LogP contribution in [-0.2, 0) is 12.8 Å². The van der Waals surface area contributed by atoms with Gasteiger partial charge in [0, 0.05) is 0 Å². The molecule has 0 radical (unpaired) electrons. The lowest BCUT2D eigenvalue weighted by atomic mass is 9.94. The fourth-order valence-corrected chi connectivity index (χ4v) is 4.17. The Hall–Kier alpha value is -0.880. The average molecular weight is 292 g/mol. The number of hydrogen-bond acceptors (Lipinski definition) is 1. The summed E-state index contributed by atoms with van der Waals surface area (Å²) in [6.07, 6.45) is 10.9. The Balaban J connectivity index is 2.14. The van der Waals surface area contributed by atoms with Crippen LogP contribution in [0, 0.1) is 5.92 Å². The van der Waals surface area contributed by atoms with Gasteiger partial charge in [-0.1, -0.05) is 53.3 Å². The second-order valence-electron chi connectivity index (χ2n) is 5.90. The minimum atomic E-state index is -0.730. The van der Waals surface area contributed by atoms with Crippen molar-refractivity contribution in [3.63, 3.8) is 0 Å². The molecular formula is C17H25O2P. The minimum absolute atomic E-state index is 0.622. The Labute approximate surface area is 123 Å². The van der Waals surface area contributed by atoms with E-state index in [-0.39, 0.29) is 0 Å². The van der Waals surface area contributed by atoms with E-state index in [0.717, 1.165) is 45.4 Å². The molecule has 1 aromatic heterocycles. The molecule has 2 nitrogen and oxygen atoms in total. The van der Waals surface area contributed by atoms with E-state index in [4.69, 9.17) is 0 Å². The molecule has 1 heterocycles. The lowest BCUT2D eigenvalue weighted by molar-refractivity contribution is 0.0701. The Bertz CT molecular complexity index is 450. The molecule has 1 N–H and O–H groups in total. The molecule has 0 spiro atoms. The molecule has 0 bridgehead atoms. The molecule has 0 aromatic carbocycles. The van der Waals surface area contributed by atoms with Crippen molar-refractivity contribution in [3.8, 4) is 0 Å². The molecular weight excluding hydrogens is 267 g/mol. The highest BCUT2D eigenvalue weighted by Gasteiger charge is 2.18. The van der Waals surface area contributed by atoms with Crippen LogP contribution in [0.1, 0.15) is 73.1 Å². The van der Waals surface area contributed by atoms with Crippen LogP contribution in [0.4, 0.5) is 0 Å². The summed E-state index contributed by atoms with van der Waals surface area (Å²) in [5.74, 6) is 2.09. The third kappa shape index (κ3) is 4.06. The van der Waals surface area contributed by atoms with Crippen molar-refractivity contribution >= 4 is 14.2 Å². The first-order valence-electron chi connectivity index (χ1n) is 7.92. The lowest BCUT2D eigenvalue weighted by Crippen LogP contribution is -2.06. The van der Waals surface area contributed by atoms with E-state index in [1.54, 1.807) is 0 Å². The zero-order valence-corrected chi connectivity index (χ0v) is 13.3. The normalized spacial score (nSPS) is 16.1. The van der Waals surface area contributed by atoms with Gasteiger partial charge in [0.2, 0.25) is 0 Å². The summed E-state index contributed by atoms with van der Waals surface area (Å²) < 4.78 is 0. The van der Waals surface area contributed by atoms with E-state index < -0.39 is 5.97 Å². The van der Waals surface area contributed by atoms with E-state index in [0.29, 0.717) is 5.30 Å². The number of carboxylic acids is 1. The van der Waals surface area contributed by atoms with Crippen LogP contribution in [0.2, 0.25) is 0 Å². The molecule has 0 atom stereocenters. The molecule has 3 heteroatoms. The number of rotatable bonds is 7. The fraction of sp³-hybridized carbons (Fsp3) is 0.647. The van der Waals surface area contributed by atoms with Crippen LogP contribution < -0.4 is 0 Å². The molecule has 1 aliphatic rings. The van der Waals surface area contributed by atoms with Crippen LogP contribution in [0.15, 0.2) is 11.9 Å². The summed E-state index contributed by atoms with van der Waals surface area (Å²) in [6, 6.07) is 2.16. The second kappa shape index (κ2) is 7.78. The first kappa shape index (κ1) is 15.5. The van der Waals surface area contributed by atoms with E-state index >= 15 is 0 Å². The van der Waals surface area contributed by atoms with E-state index in [1.807, 2.05) is 5.80 Å². The summed E-state index contributed by atoms with van der Waals surface area (Å²) >= 11 is 0. The Kier molecular flexibility index (Phi) is 6.04. The first-order chi connectivity index (χ1) is 9.72. The summed E-state index contributed by atoms with van der Waals surface area (Å²) in [4.78, 5) is 11.5. The van der Waals surface area contributed by atoms with E-state index in [9.17, 15) is 9.90 Å². The number of aryl methyl sites for hydroxylation is 1. The van der Waals surface area contributed by atoms with Gasteiger partial charge in [-0.15, -0.1) is 0 Å². The predicted molar refractivity (Wildman–Crippen MR) is 84.8 cm³/mol. The number of carbonyl (C=O) groups is 1. The highest BCUT2D eigenvalue weighted by molar-refractivity contribution is 7.31. The quantitative estimate of drug-likeness (QED) is 0.727. The molecule has 1 saturated carbocycles. The van der Waals surface area contributed by atoms with Crippen LogP contribution in [0.25, 0.3) is 0 Å². The molecule has 110 valence electrons.